The number of carbonyl (C=O) groups excluding carboxylic acids is 1. The largest absolute Gasteiger partial charge is 0.462 e. The fourth-order valence-corrected chi connectivity index (χ4v) is 8.83. The molecule has 1 saturated heterocycles. The Morgan fingerprint density at radius 2 is 1.90 bits per heavy atom. The van der Waals surface area contributed by atoms with Gasteiger partial charge in [0, 0.05) is 19.0 Å². The second-order valence-corrected chi connectivity index (χ2v) is 11.8. The van der Waals surface area contributed by atoms with E-state index in [0.29, 0.717) is 10.8 Å². The Morgan fingerprint density at radius 1 is 1.14 bits per heavy atom. The van der Waals surface area contributed by atoms with Crippen molar-refractivity contribution >= 4 is 5.97 Å². The van der Waals surface area contributed by atoms with Gasteiger partial charge >= 0.3 is 5.97 Å². The summed E-state index contributed by atoms with van der Waals surface area (Å²) in [6.45, 7) is 10.3. The number of carbonyl (C=O) groups is 1. The maximum Gasteiger partial charge on any atom is 0.308 e. The van der Waals surface area contributed by atoms with Gasteiger partial charge in [0.15, 0.2) is 0 Å². The molecule has 0 N–H and O–H groups in total. The molecule has 0 bridgehead atoms. The first-order valence-electron chi connectivity index (χ1n) is 12.4. The van der Waals surface area contributed by atoms with Crippen LogP contribution in [0, 0.1) is 40.4 Å². The zero-order chi connectivity index (χ0) is 20.6. The van der Waals surface area contributed by atoms with E-state index in [4.69, 9.17) is 4.74 Å². The second-order valence-electron chi connectivity index (χ2n) is 11.8. The van der Waals surface area contributed by atoms with Crippen LogP contribution in [0.5, 0.6) is 0 Å². The first kappa shape index (κ1) is 20.1. The van der Waals surface area contributed by atoms with Crippen molar-refractivity contribution in [3.63, 3.8) is 0 Å². The van der Waals surface area contributed by atoms with Crippen molar-refractivity contribution in [1.29, 1.82) is 0 Å². The molecule has 3 heteroatoms. The lowest BCUT2D eigenvalue weighted by molar-refractivity contribution is -0.155. The number of esters is 1. The van der Waals surface area contributed by atoms with Crippen LogP contribution in [0.4, 0.5) is 0 Å². The summed E-state index contributed by atoms with van der Waals surface area (Å²) in [7, 11) is 2.36. The van der Waals surface area contributed by atoms with Crippen molar-refractivity contribution in [3.05, 3.63) is 11.6 Å². The van der Waals surface area contributed by atoms with E-state index in [-0.39, 0.29) is 18.0 Å². The third-order valence-corrected chi connectivity index (χ3v) is 10.4. The minimum Gasteiger partial charge on any atom is -0.462 e. The minimum absolute atomic E-state index is 0.0233. The molecule has 0 aromatic rings. The van der Waals surface area contributed by atoms with E-state index >= 15 is 0 Å². The first-order valence-corrected chi connectivity index (χ1v) is 12.4. The van der Waals surface area contributed by atoms with E-state index in [9.17, 15) is 4.79 Å². The van der Waals surface area contributed by atoms with Gasteiger partial charge in [0.25, 0.3) is 0 Å². The van der Waals surface area contributed by atoms with Gasteiger partial charge in [-0.2, -0.15) is 0 Å². The molecular weight excluding hydrogens is 358 g/mol. The normalized spacial score (nSPS) is 49.1. The molecule has 1 spiro atoms. The fraction of sp³-hybridized carbons (Fsp3) is 0.885. The molecule has 5 rings (SSSR count). The van der Waals surface area contributed by atoms with Crippen molar-refractivity contribution in [2.45, 2.75) is 91.2 Å². The summed E-state index contributed by atoms with van der Waals surface area (Å²) < 4.78 is 5.85. The topological polar surface area (TPSA) is 29.5 Å². The van der Waals surface area contributed by atoms with Crippen LogP contribution in [0.15, 0.2) is 11.6 Å². The lowest BCUT2D eigenvalue weighted by Crippen LogP contribution is -2.51. The highest BCUT2D eigenvalue weighted by molar-refractivity contribution is 5.71. The van der Waals surface area contributed by atoms with E-state index in [2.05, 4.69) is 31.9 Å². The van der Waals surface area contributed by atoms with Crippen LogP contribution >= 0.6 is 0 Å². The highest BCUT2D eigenvalue weighted by Crippen LogP contribution is 2.68. The average Bonchev–Trinajstić information content (AvgIpc) is 3.16. The number of likely N-dealkylation sites (tertiary alicyclic amines) is 1. The number of rotatable bonds is 2. The lowest BCUT2D eigenvalue weighted by atomic mass is 9.47. The molecule has 4 aliphatic carbocycles. The van der Waals surface area contributed by atoms with E-state index < -0.39 is 0 Å². The zero-order valence-electron chi connectivity index (χ0n) is 19.2. The molecule has 3 saturated carbocycles. The molecule has 162 valence electrons. The number of fused-ring (bicyclic) bond motifs is 4. The van der Waals surface area contributed by atoms with E-state index in [0.717, 1.165) is 42.6 Å². The van der Waals surface area contributed by atoms with E-state index in [1.807, 2.05) is 13.8 Å². The molecule has 5 aliphatic rings. The van der Waals surface area contributed by atoms with Crippen LogP contribution < -0.4 is 0 Å². The summed E-state index contributed by atoms with van der Waals surface area (Å²) in [5, 5.41) is 0. The van der Waals surface area contributed by atoms with Crippen molar-refractivity contribution in [2.75, 3.05) is 13.6 Å². The summed E-state index contributed by atoms with van der Waals surface area (Å²) in [4.78, 5) is 14.8. The first-order chi connectivity index (χ1) is 13.8. The van der Waals surface area contributed by atoms with Crippen LogP contribution in [-0.4, -0.2) is 36.6 Å². The zero-order valence-corrected chi connectivity index (χ0v) is 19.2. The molecule has 1 aliphatic heterocycles. The third-order valence-electron chi connectivity index (χ3n) is 10.4. The molecule has 0 unspecified atom stereocenters. The monoisotopic (exact) mass is 399 g/mol. The Kier molecular flexibility index (Phi) is 4.74. The number of hydrogen-bond acceptors (Lipinski definition) is 3. The van der Waals surface area contributed by atoms with Crippen LogP contribution in [0.1, 0.15) is 79.1 Å². The Hall–Kier alpha value is -0.830. The maximum absolute atomic E-state index is 12.1. The van der Waals surface area contributed by atoms with Crippen LogP contribution in [0.2, 0.25) is 0 Å². The number of ether oxygens (including phenoxy) is 1. The van der Waals surface area contributed by atoms with Crippen molar-refractivity contribution in [1.82, 2.24) is 4.90 Å². The van der Waals surface area contributed by atoms with Gasteiger partial charge in [-0.25, -0.2) is 0 Å². The smallest absolute Gasteiger partial charge is 0.308 e. The molecular formula is C26H41NO2. The Balaban J connectivity index is 1.37. The van der Waals surface area contributed by atoms with Gasteiger partial charge in [0.2, 0.25) is 0 Å². The second kappa shape index (κ2) is 6.84. The van der Waals surface area contributed by atoms with E-state index in [1.54, 1.807) is 5.57 Å². The molecule has 0 aromatic heterocycles. The number of hydrogen-bond donors (Lipinski definition) is 0. The quantitative estimate of drug-likeness (QED) is 0.457. The van der Waals surface area contributed by atoms with Crippen molar-refractivity contribution < 1.29 is 9.53 Å². The summed E-state index contributed by atoms with van der Waals surface area (Å²) in [5.74, 6) is 3.55. The number of nitrogens with zero attached hydrogens (tertiary/aromatic N) is 1. The summed E-state index contributed by atoms with van der Waals surface area (Å²) in [6, 6.07) is 0.771. The molecule has 0 aromatic carbocycles. The van der Waals surface area contributed by atoms with Gasteiger partial charge in [0.1, 0.15) is 6.10 Å². The Labute approximate surface area is 177 Å². The van der Waals surface area contributed by atoms with Gasteiger partial charge in [-0.1, -0.05) is 32.4 Å². The van der Waals surface area contributed by atoms with Gasteiger partial charge in [-0.3, -0.25) is 4.79 Å². The Morgan fingerprint density at radius 3 is 2.66 bits per heavy atom. The molecule has 4 fully saturated rings. The average molecular weight is 400 g/mol. The molecule has 29 heavy (non-hydrogen) atoms. The van der Waals surface area contributed by atoms with Crippen LogP contribution in [-0.2, 0) is 9.53 Å². The minimum atomic E-state index is -0.0241. The van der Waals surface area contributed by atoms with Gasteiger partial charge in [-0.15, -0.1) is 0 Å². The Bertz CT molecular complexity index is 713. The van der Waals surface area contributed by atoms with Gasteiger partial charge in [-0.05, 0) is 93.4 Å². The predicted molar refractivity (Wildman–Crippen MR) is 116 cm³/mol. The summed E-state index contributed by atoms with van der Waals surface area (Å²) >= 11 is 0. The van der Waals surface area contributed by atoms with E-state index in [1.165, 1.54) is 45.1 Å². The summed E-state index contributed by atoms with van der Waals surface area (Å²) in [5.41, 5.74) is 2.58. The highest BCUT2D eigenvalue weighted by atomic mass is 16.5. The van der Waals surface area contributed by atoms with Crippen molar-refractivity contribution in [2.24, 2.45) is 40.4 Å². The van der Waals surface area contributed by atoms with Crippen LogP contribution in [0.3, 0.4) is 0 Å². The molecule has 8 atom stereocenters. The lowest BCUT2D eigenvalue weighted by Gasteiger charge is -2.58. The molecule has 1 heterocycles. The van der Waals surface area contributed by atoms with Crippen molar-refractivity contribution in [3.8, 4) is 0 Å². The summed E-state index contributed by atoms with van der Waals surface area (Å²) in [6.07, 6.45) is 13.0. The standard InChI is InChI=1S/C26H41NO2/c1-16(2)24(28)29-19-10-12-25(4)18(14-19)6-7-20-22(25)11-13-26-15-27(5)17(3)21(26)8-9-23(20)26/h6,16-17,19-23H,7-15H2,1-5H3/t17-,19-,20+,21+,22-,23-,25-,26-/m0/s1. The molecule has 0 amide bonds. The van der Waals surface area contributed by atoms with Crippen LogP contribution in [0.25, 0.3) is 0 Å². The SMILES string of the molecule is CC(C)C(=O)O[C@H]1CC[C@@]2(C)C(=CC[C@H]3[C@@H]4CC[C@@H]5[C@H](C)N(C)C[C@@]54CC[C@@H]32)C1. The number of allylic oxidation sites excluding steroid dienone is 1. The molecule has 0 radical (unpaired) electrons. The highest BCUT2D eigenvalue weighted by Gasteiger charge is 2.64. The maximum atomic E-state index is 12.1. The fourth-order valence-electron chi connectivity index (χ4n) is 8.83. The third kappa shape index (κ3) is 2.82. The molecule has 3 nitrogen and oxygen atoms in total. The predicted octanol–water partition coefficient (Wildman–Crippen LogP) is 5.45. The van der Waals surface area contributed by atoms with Gasteiger partial charge < -0.3 is 9.64 Å². The van der Waals surface area contributed by atoms with Gasteiger partial charge in [0.05, 0.1) is 5.92 Å².